The number of carbonyl (C=O) groups excluding carboxylic acids is 2. The molecule has 0 fully saturated rings. The molecule has 0 aliphatic rings. The molecule has 214 valence electrons. The van der Waals surface area contributed by atoms with Gasteiger partial charge in [-0.3, -0.25) is 13.9 Å². The topological polar surface area (TPSA) is 86.8 Å². The van der Waals surface area contributed by atoms with E-state index in [0.29, 0.717) is 18.7 Å². The van der Waals surface area contributed by atoms with Crippen LogP contribution >= 0.6 is 0 Å². The van der Waals surface area contributed by atoms with Crippen LogP contribution in [0.3, 0.4) is 0 Å². The number of rotatable bonds is 13. The third-order valence-corrected chi connectivity index (χ3v) is 8.92. The molecule has 1 atom stereocenters. The van der Waals surface area contributed by atoms with Gasteiger partial charge in [-0.2, -0.15) is 0 Å². The number of nitrogens with one attached hydrogen (secondary N) is 1. The van der Waals surface area contributed by atoms with E-state index in [1.807, 2.05) is 71.0 Å². The minimum absolute atomic E-state index is 0.103. The van der Waals surface area contributed by atoms with E-state index in [-0.39, 0.29) is 17.3 Å². The fourth-order valence-corrected chi connectivity index (χ4v) is 6.03. The highest BCUT2D eigenvalue weighted by atomic mass is 32.2. The Morgan fingerprint density at radius 2 is 1.55 bits per heavy atom. The maximum atomic E-state index is 14.1. The van der Waals surface area contributed by atoms with Crippen molar-refractivity contribution in [3.8, 4) is 0 Å². The van der Waals surface area contributed by atoms with Gasteiger partial charge < -0.3 is 10.2 Å². The van der Waals surface area contributed by atoms with Gasteiger partial charge in [0.2, 0.25) is 11.8 Å². The first-order valence-electron chi connectivity index (χ1n) is 13.9. The summed E-state index contributed by atoms with van der Waals surface area (Å²) in [6.07, 6.45) is 2.17. The number of amides is 2. The Bertz CT molecular complexity index is 1390. The van der Waals surface area contributed by atoms with Gasteiger partial charge in [0.15, 0.2) is 0 Å². The van der Waals surface area contributed by atoms with Gasteiger partial charge in [0.1, 0.15) is 12.6 Å². The predicted octanol–water partition coefficient (Wildman–Crippen LogP) is 5.53. The summed E-state index contributed by atoms with van der Waals surface area (Å²) >= 11 is 0. The van der Waals surface area contributed by atoms with Crippen LogP contribution in [-0.2, 0) is 26.2 Å². The highest BCUT2D eigenvalue weighted by Crippen LogP contribution is 2.29. The summed E-state index contributed by atoms with van der Waals surface area (Å²) in [5.41, 5.74) is 3.91. The molecule has 0 aliphatic carbocycles. The molecule has 3 aromatic rings. The van der Waals surface area contributed by atoms with Gasteiger partial charge >= 0.3 is 0 Å². The Labute approximate surface area is 239 Å². The van der Waals surface area contributed by atoms with E-state index in [9.17, 15) is 18.0 Å². The summed E-state index contributed by atoms with van der Waals surface area (Å²) in [7, 11) is -4.10. The smallest absolute Gasteiger partial charge is 0.264 e. The van der Waals surface area contributed by atoms with Gasteiger partial charge in [-0.15, -0.1) is 0 Å². The Hall–Kier alpha value is -3.65. The van der Waals surface area contributed by atoms with Gasteiger partial charge in [-0.05, 0) is 68.5 Å². The molecular formula is C32H41N3O4S. The van der Waals surface area contributed by atoms with E-state index in [0.717, 1.165) is 35.1 Å². The Kier molecular flexibility index (Phi) is 10.9. The first-order valence-corrected chi connectivity index (χ1v) is 15.3. The van der Waals surface area contributed by atoms with Crippen molar-refractivity contribution in [3.05, 3.63) is 95.1 Å². The number of hydrogen-bond acceptors (Lipinski definition) is 4. The molecule has 0 bridgehead atoms. The van der Waals surface area contributed by atoms with Crippen LogP contribution in [0.5, 0.6) is 0 Å². The summed E-state index contributed by atoms with van der Waals surface area (Å²) in [5.74, 6) is -0.683. The second-order valence-electron chi connectivity index (χ2n) is 10.1. The Balaban J connectivity index is 2.06. The number of nitrogens with zero attached hydrogens (tertiary/aromatic N) is 2. The van der Waals surface area contributed by atoms with Crippen LogP contribution in [0, 0.1) is 20.8 Å². The molecule has 0 saturated carbocycles. The molecule has 0 aliphatic heterocycles. The van der Waals surface area contributed by atoms with Crippen molar-refractivity contribution in [1.29, 1.82) is 0 Å². The average molecular weight is 564 g/mol. The first kappa shape index (κ1) is 30.9. The molecule has 1 unspecified atom stereocenters. The van der Waals surface area contributed by atoms with Crippen molar-refractivity contribution in [1.82, 2.24) is 10.2 Å². The lowest BCUT2D eigenvalue weighted by atomic mass is 10.1. The minimum atomic E-state index is -4.10. The molecule has 2 amide bonds. The molecule has 0 aromatic heterocycles. The second kappa shape index (κ2) is 14.1. The van der Waals surface area contributed by atoms with Crippen LogP contribution in [0.4, 0.5) is 5.69 Å². The molecule has 0 radical (unpaired) electrons. The lowest BCUT2D eigenvalue weighted by molar-refractivity contribution is -0.140. The maximum absolute atomic E-state index is 14.1. The fraction of sp³-hybridized carbons (Fsp3) is 0.375. The zero-order valence-corrected chi connectivity index (χ0v) is 25.0. The van der Waals surface area contributed by atoms with Crippen LogP contribution in [0.15, 0.2) is 77.7 Å². The van der Waals surface area contributed by atoms with E-state index < -0.39 is 28.5 Å². The Morgan fingerprint density at radius 3 is 2.17 bits per heavy atom. The molecule has 0 heterocycles. The van der Waals surface area contributed by atoms with Gasteiger partial charge in [0.25, 0.3) is 10.0 Å². The zero-order valence-electron chi connectivity index (χ0n) is 24.2. The van der Waals surface area contributed by atoms with Gasteiger partial charge in [0, 0.05) is 13.1 Å². The number of aryl methyl sites for hydroxylation is 2. The van der Waals surface area contributed by atoms with Crippen molar-refractivity contribution in [2.45, 2.75) is 71.4 Å². The van der Waals surface area contributed by atoms with E-state index in [1.165, 1.54) is 9.21 Å². The monoisotopic (exact) mass is 563 g/mol. The molecule has 40 heavy (non-hydrogen) atoms. The van der Waals surface area contributed by atoms with Gasteiger partial charge in [-0.1, -0.05) is 80.4 Å². The third-order valence-electron chi connectivity index (χ3n) is 7.14. The molecule has 8 heteroatoms. The number of sulfonamides is 1. The highest BCUT2D eigenvalue weighted by molar-refractivity contribution is 7.92. The maximum Gasteiger partial charge on any atom is 0.264 e. The summed E-state index contributed by atoms with van der Waals surface area (Å²) in [6, 6.07) is 20.7. The van der Waals surface area contributed by atoms with Crippen molar-refractivity contribution in [3.63, 3.8) is 0 Å². The molecule has 0 saturated heterocycles. The van der Waals surface area contributed by atoms with E-state index in [4.69, 9.17) is 0 Å². The predicted molar refractivity (Wildman–Crippen MR) is 161 cm³/mol. The van der Waals surface area contributed by atoms with Crippen LogP contribution in [-0.4, -0.2) is 44.3 Å². The summed E-state index contributed by atoms with van der Waals surface area (Å²) in [4.78, 5) is 29.0. The molecule has 7 nitrogen and oxygen atoms in total. The second-order valence-corrected chi connectivity index (χ2v) is 12.0. The minimum Gasteiger partial charge on any atom is -0.354 e. The van der Waals surface area contributed by atoms with Crippen molar-refractivity contribution in [2.24, 2.45) is 0 Å². The number of carbonyl (C=O) groups is 2. The lowest BCUT2D eigenvalue weighted by Gasteiger charge is -2.33. The summed E-state index contributed by atoms with van der Waals surface area (Å²) in [6.45, 7) is 9.83. The summed E-state index contributed by atoms with van der Waals surface area (Å²) in [5, 5.41) is 2.95. The van der Waals surface area contributed by atoms with E-state index in [2.05, 4.69) is 5.32 Å². The molecule has 1 N–H and O–H groups in total. The lowest BCUT2D eigenvalue weighted by Crippen LogP contribution is -2.52. The highest BCUT2D eigenvalue weighted by Gasteiger charge is 2.34. The number of unbranched alkanes of at least 4 members (excludes halogenated alkanes) is 1. The molecule has 3 rings (SSSR count). The molecular weight excluding hydrogens is 522 g/mol. The van der Waals surface area contributed by atoms with Crippen LogP contribution in [0.2, 0.25) is 0 Å². The fourth-order valence-electron chi connectivity index (χ4n) is 4.56. The van der Waals surface area contributed by atoms with Gasteiger partial charge in [0.05, 0.1) is 10.6 Å². The Morgan fingerprint density at radius 1 is 0.875 bits per heavy atom. The number of anilines is 1. The summed E-state index contributed by atoms with van der Waals surface area (Å²) < 4.78 is 29.3. The average Bonchev–Trinajstić information content (AvgIpc) is 2.94. The largest absolute Gasteiger partial charge is 0.354 e. The standard InChI is InChI=1S/C32H41N3O4S/c1-6-8-21-33-32(37)29(7-2)34(22-27-14-10-9-11-15-27)31(36)23-35(30-16-12-13-25(4)26(30)5)40(38,39)28-19-17-24(3)18-20-28/h9-20,29H,6-8,21-23H2,1-5H3,(H,33,37). The number of benzene rings is 3. The first-order chi connectivity index (χ1) is 19.1. The van der Waals surface area contributed by atoms with Crippen molar-refractivity contribution < 1.29 is 18.0 Å². The normalized spacial score (nSPS) is 12.0. The van der Waals surface area contributed by atoms with Crippen molar-refractivity contribution in [2.75, 3.05) is 17.4 Å². The zero-order chi connectivity index (χ0) is 29.3. The van der Waals surface area contributed by atoms with Gasteiger partial charge in [-0.25, -0.2) is 8.42 Å². The number of hydrogen-bond donors (Lipinski definition) is 1. The van der Waals surface area contributed by atoms with E-state index >= 15 is 0 Å². The quantitative estimate of drug-likeness (QED) is 0.277. The molecule has 0 spiro atoms. The van der Waals surface area contributed by atoms with Crippen molar-refractivity contribution >= 4 is 27.5 Å². The van der Waals surface area contributed by atoms with Crippen LogP contribution in [0.1, 0.15) is 55.4 Å². The molecule has 3 aromatic carbocycles. The van der Waals surface area contributed by atoms with Crippen LogP contribution < -0.4 is 9.62 Å². The third kappa shape index (κ3) is 7.50. The SMILES string of the molecule is CCCCNC(=O)C(CC)N(Cc1ccccc1)C(=O)CN(c1cccc(C)c1C)S(=O)(=O)c1ccc(C)cc1. The van der Waals surface area contributed by atoms with Crippen LogP contribution in [0.25, 0.3) is 0 Å². The van der Waals surface area contributed by atoms with E-state index in [1.54, 1.807) is 36.4 Å².